The van der Waals surface area contributed by atoms with E-state index in [2.05, 4.69) is 4.57 Å². The summed E-state index contributed by atoms with van der Waals surface area (Å²) in [6.07, 6.45) is 4.02. The lowest BCUT2D eigenvalue weighted by molar-refractivity contribution is -0.118. The number of benzene rings is 1. The molecule has 1 aromatic heterocycles. The second kappa shape index (κ2) is 5.13. The van der Waals surface area contributed by atoms with E-state index >= 15 is 0 Å². The Morgan fingerprint density at radius 2 is 2.18 bits per heavy atom. The molecule has 2 aromatic rings. The molecular weight excluding hydrogens is 217 g/mol. The number of carbonyl (C=O) groups is 1. The molecule has 17 heavy (non-hydrogen) atoms. The van der Waals surface area contributed by atoms with E-state index in [0.29, 0.717) is 18.6 Å². The van der Waals surface area contributed by atoms with Crippen molar-refractivity contribution in [3.63, 3.8) is 0 Å². The van der Waals surface area contributed by atoms with Gasteiger partial charge in [-0.15, -0.1) is 0 Å². The fourth-order valence-corrected chi connectivity index (χ4v) is 1.99. The normalized spacial score (nSPS) is 10.9. The first kappa shape index (κ1) is 11.8. The molecular formula is C14H16FNO. The molecule has 0 saturated carbocycles. The van der Waals surface area contributed by atoms with Crippen molar-refractivity contribution in [1.29, 1.82) is 0 Å². The topological polar surface area (TPSA) is 22.0 Å². The summed E-state index contributed by atoms with van der Waals surface area (Å²) in [6.45, 7) is 2.69. The van der Waals surface area contributed by atoms with Crippen LogP contribution in [0.3, 0.4) is 0 Å². The van der Waals surface area contributed by atoms with Crippen LogP contribution in [0, 0.1) is 5.82 Å². The molecule has 0 bridgehead atoms. The Bertz CT molecular complexity index is 530. The molecule has 0 unspecified atom stereocenters. The maximum absolute atomic E-state index is 13.0. The number of aromatic nitrogens is 1. The highest BCUT2D eigenvalue weighted by atomic mass is 19.1. The Hall–Kier alpha value is -1.64. The van der Waals surface area contributed by atoms with Crippen LogP contribution in [0.2, 0.25) is 0 Å². The summed E-state index contributed by atoms with van der Waals surface area (Å²) in [6, 6.07) is 6.69. The van der Waals surface area contributed by atoms with Gasteiger partial charge in [0.2, 0.25) is 0 Å². The van der Waals surface area contributed by atoms with Gasteiger partial charge in [-0.25, -0.2) is 4.39 Å². The maximum Gasteiger partial charge on any atom is 0.132 e. The molecule has 90 valence electrons. The van der Waals surface area contributed by atoms with Crippen LogP contribution in [0.1, 0.15) is 26.2 Å². The zero-order chi connectivity index (χ0) is 12.3. The summed E-state index contributed by atoms with van der Waals surface area (Å²) < 4.78 is 15.1. The van der Waals surface area contributed by atoms with Gasteiger partial charge in [0.05, 0.1) is 0 Å². The molecule has 3 heteroatoms. The minimum Gasteiger partial charge on any atom is -0.347 e. The Labute approximate surface area is 100 Å². The van der Waals surface area contributed by atoms with Gasteiger partial charge >= 0.3 is 0 Å². The van der Waals surface area contributed by atoms with Crippen molar-refractivity contribution in [3.8, 4) is 0 Å². The number of aryl methyl sites for hydroxylation is 1. The Balaban J connectivity index is 2.06. The molecule has 0 radical (unpaired) electrons. The second-order valence-corrected chi connectivity index (χ2v) is 4.21. The summed E-state index contributed by atoms with van der Waals surface area (Å²) in [5.41, 5.74) is 1.02. The maximum atomic E-state index is 13.0. The Morgan fingerprint density at radius 1 is 1.35 bits per heavy atom. The van der Waals surface area contributed by atoms with E-state index in [1.807, 2.05) is 19.2 Å². The summed E-state index contributed by atoms with van der Waals surface area (Å²) in [7, 11) is 0. The van der Waals surface area contributed by atoms with Crippen LogP contribution < -0.4 is 0 Å². The van der Waals surface area contributed by atoms with Gasteiger partial charge in [0.15, 0.2) is 0 Å². The van der Waals surface area contributed by atoms with E-state index < -0.39 is 0 Å². The quantitative estimate of drug-likeness (QED) is 0.774. The van der Waals surface area contributed by atoms with Gasteiger partial charge in [-0.2, -0.15) is 0 Å². The first-order chi connectivity index (χ1) is 8.20. The van der Waals surface area contributed by atoms with Crippen molar-refractivity contribution in [1.82, 2.24) is 4.57 Å². The van der Waals surface area contributed by atoms with E-state index in [4.69, 9.17) is 0 Å². The predicted molar refractivity (Wildman–Crippen MR) is 66.4 cm³/mol. The Kier molecular flexibility index (Phi) is 3.57. The lowest BCUT2D eigenvalue weighted by Gasteiger charge is -2.04. The zero-order valence-corrected chi connectivity index (χ0v) is 9.95. The average Bonchev–Trinajstić information content (AvgIpc) is 2.71. The van der Waals surface area contributed by atoms with E-state index in [9.17, 15) is 9.18 Å². The van der Waals surface area contributed by atoms with Gasteiger partial charge in [0.1, 0.15) is 11.6 Å². The first-order valence-corrected chi connectivity index (χ1v) is 5.97. The number of ketones is 1. The van der Waals surface area contributed by atoms with E-state index in [0.717, 1.165) is 23.9 Å². The zero-order valence-electron chi connectivity index (χ0n) is 9.95. The number of fused-ring (bicyclic) bond motifs is 1. The fraction of sp³-hybridized carbons (Fsp3) is 0.357. The molecule has 0 aliphatic carbocycles. The van der Waals surface area contributed by atoms with Crippen LogP contribution >= 0.6 is 0 Å². The van der Waals surface area contributed by atoms with E-state index in [1.54, 1.807) is 6.07 Å². The third-order valence-corrected chi connectivity index (χ3v) is 2.98. The lowest BCUT2D eigenvalue weighted by atomic mass is 10.2. The van der Waals surface area contributed by atoms with Crippen molar-refractivity contribution in [3.05, 3.63) is 36.3 Å². The van der Waals surface area contributed by atoms with Gasteiger partial charge in [0.25, 0.3) is 0 Å². The lowest BCUT2D eigenvalue weighted by Crippen LogP contribution is -2.00. The largest absolute Gasteiger partial charge is 0.347 e. The summed E-state index contributed by atoms with van der Waals surface area (Å²) in [5.74, 6) is 0.0870. The highest BCUT2D eigenvalue weighted by molar-refractivity contribution is 5.80. The molecule has 0 fully saturated rings. The molecule has 0 aliphatic rings. The van der Waals surface area contributed by atoms with E-state index in [-0.39, 0.29) is 5.82 Å². The summed E-state index contributed by atoms with van der Waals surface area (Å²) in [4.78, 5) is 11.2. The molecule has 2 nitrogen and oxygen atoms in total. The van der Waals surface area contributed by atoms with Gasteiger partial charge in [-0.3, -0.25) is 4.79 Å². The van der Waals surface area contributed by atoms with Crippen LogP contribution in [-0.2, 0) is 11.3 Å². The molecule has 0 aliphatic heterocycles. The third kappa shape index (κ3) is 2.73. The van der Waals surface area contributed by atoms with Crippen molar-refractivity contribution in [2.24, 2.45) is 0 Å². The Morgan fingerprint density at radius 3 is 2.94 bits per heavy atom. The summed E-state index contributed by atoms with van der Waals surface area (Å²) in [5, 5.41) is 0.909. The molecule has 0 spiro atoms. The standard InChI is InChI=1S/C14H16FNO/c1-2-13(17)4-3-8-16-9-7-11-10-12(15)5-6-14(11)16/h5-7,9-10H,2-4,8H2,1H3. The van der Waals surface area contributed by atoms with Gasteiger partial charge in [0, 0.05) is 36.5 Å². The number of carbonyl (C=O) groups excluding carboxylic acids is 1. The first-order valence-electron chi connectivity index (χ1n) is 5.97. The van der Waals surface area contributed by atoms with Gasteiger partial charge < -0.3 is 4.57 Å². The molecule has 0 saturated heterocycles. The predicted octanol–water partition coefficient (Wildman–Crippen LogP) is 3.54. The average molecular weight is 233 g/mol. The van der Waals surface area contributed by atoms with Crippen molar-refractivity contribution < 1.29 is 9.18 Å². The number of hydrogen-bond donors (Lipinski definition) is 0. The van der Waals surface area contributed by atoms with Gasteiger partial charge in [-0.1, -0.05) is 6.92 Å². The number of halogens is 1. The van der Waals surface area contributed by atoms with Crippen LogP contribution in [0.25, 0.3) is 10.9 Å². The second-order valence-electron chi connectivity index (χ2n) is 4.21. The SMILES string of the molecule is CCC(=O)CCCn1ccc2cc(F)ccc21. The fourth-order valence-electron chi connectivity index (χ4n) is 1.99. The highest BCUT2D eigenvalue weighted by Gasteiger charge is 2.03. The van der Waals surface area contributed by atoms with Crippen molar-refractivity contribution >= 4 is 16.7 Å². The molecule has 1 heterocycles. The smallest absolute Gasteiger partial charge is 0.132 e. The van der Waals surface area contributed by atoms with Crippen molar-refractivity contribution in [2.45, 2.75) is 32.7 Å². The molecule has 0 amide bonds. The highest BCUT2D eigenvalue weighted by Crippen LogP contribution is 2.17. The van der Waals surface area contributed by atoms with E-state index in [1.165, 1.54) is 12.1 Å². The molecule has 1 aromatic carbocycles. The minimum atomic E-state index is -0.212. The third-order valence-electron chi connectivity index (χ3n) is 2.98. The number of nitrogens with zero attached hydrogens (tertiary/aromatic N) is 1. The van der Waals surface area contributed by atoms with Crippen LogP contribution in [0.5, 0.6) is 0 Å². The minimum absolute atomic E-state index is 0.212. The molecule has 2 rings (SSSR count). The molecule has 0 N–H and O–H groups in total. The van der Waals surface area contributed by atoms with Gasteiger partial charge in [-0.05, 0) is 30.7 Å². The molecule has 0 atom stereocenters. The number of hydrogen-bond acceptors (Lipinski definition) is 1. The van der Waals surface area contributed by atoms with Crippen LogP contribution in [0.4, 0.5) is 4.39 Å². The van der Waals surface area contributed by atoms with Crippen LogP contribution in [0.15, 0.2) is 30.5 Å². The van der Waals surface area contributed by atoms with Crippen molar-refractivity contribution in [2.75, 3.05) is 0 Å². The monoisotopic (exact) mass is 233 g/mol. The number of Topliss-reactive ketones (excluding diaryl/α,β-unsaturated/α-hetero) is 1. The summed E-state index contributed by atoms with van der Waals surface area (Å²) >= 11 is 0. The van der Waals surface area contributed by atoms with Crippen LogP contribution in [-0.4, -0.2) is 10.4 Å². The number of rotatable bonds is 5.